The van der Waals surface area contributed by atoms with Crippen LogP contribution in [0.15, 0.2) is 53.3 Å². The van der Waals surface area contributed by atoms with Crippen LogP contribution >= 0.6 is 0 Å². The van der Waals surface area contributed by atoms with Gasteiger partial charge in [0.2, 0.25) is 17.6 Å². The number of hydrogen-bond acceptors (Lipinski definition) is 7. The third-order valence-electron chi connectivity index (χ3n) is 5.15. The number of carbonyl (C=O) groups is 1. The highest BCUT2D eigenvalue weighted by molar-refractivity contribution is 5.76. The van der Waals surface area contributed by atoms with Crippen LogP contribution in [0.3, 0.4) is 0 Å². The Bertz CT molecular complexity index is 1020. The molecule has 8 nitrogen and oxygen atoms in total. The van der Waals surface area contributed by atoms with E-state index in [1.807, 2.05) is 41.3 Å². The van der Waals surface area contributed by atoms with Crippen LogP contribution in [0.25, 0.3) is 11.4 Å². The number of pyridine rings is 1. The van der Waals surface area contributed by atoms with Crippen LogP contribution in [0.4, 0.5) is 0 Å². The molecule has 0 spiro atoms. The topological polar surface area (TPSA) is 99.2 Å². The zero-order chi connectivity index (χ0) is 20.8. The second kappa shape index (κ2) is 9.29. The van der Waals surface area contributed by atoms with Crippen molar-refractivity contribution in [3.63, 3.8) is 0 Å². The standard InChI is InChI=1S/C22H22N6O2/c23-14-17-3-5-18(6-4-17)16-27-10-12-28(13-11-27)21(29)8-7-20-25-22(26-30-20)19-2-1-9-24-15-19/h1-6,9,15H,7-8,10-13,16H2. The van der Waals surface area contributed by atoms with E-state index in [0.29, 0.717) is 43.2 Å². The molecule has 1 amide bonds. The second-order valence-corrected chi connectivity index (χ2v) is 7.22. The van der Waals surface area contributed by atoms with Gasteiger partial charge in [0, 0.05) is 63.5 Å². The van der Waals surface area contributed by atoms with Gasteiger partial charge in [-0.3, -0.25) is 14.7 Å². The smallest absolute Gasteiger partial charge is 0.227 e. The minimum atomic E-state index is 0.106. The molecule has 4 rings (SSSR count). The van der Waals surface area contributed by atoms with Gasteiger partial charge in [0.15, 0.2) is 0 Å². The maximum Gasteiger partial charge on any atom is 0.227 e. The third kappa shape index (κ3) is 4.88. The van der Waals surface area contributed by atoms with Gasteiger partial charge in [-0.25, -0.2) is 0 Å². The summed E-state index contributed by atoms with van der Waals surface area (Å²) in [6.07, 6.45) is 4.15. The molecular formula is C22H22N6O2. The maximum absolute atomic E-state index is 12.6. The Kier molecular flexibility index (Phi) is 6.11. The van der Waals surface area contributed by atoms with Gasteiger partial charge in [0.1, 0.15) is 0 Å². The molecular weight excluding hydrogens is 380 g/mol. The predicted octanol–water partition coefficient (Wildman–Crippen LogP) is 2.28. The molecule has 0 aliphatic carbocycles. The van der Waals surface area contributed by atoms with Gasteiger partial charge in [-0.05, 0) is 29.8 Å². The monoisotopic (exact) mass is 402 g/mol. The summed E-state index contributed by atoms with van der Waals surface area (Å²) in [5.74, 6) is 1.05. The molecule has 0 unspecified atom stereocenters. The third-order valence-corrected chi connectivity index (χ3v) is 5.15. The molecule has 0 bridgehead atoms. The van der Waals surface area contributed by atoms with Gasteiger partial charge in [-0.15, -0.1) is 0 Å². The van der Waals surface area contributed by atoms with Crippen molar-refractivity contribution in [1.82, 2.24) is 24.9 Å². The van der Waals surface area contributed by atoms with E-state index < -0.39 is 0 Å². The van der Waals surface area contributed by atoms with Crippen molar-refractivity contribution in [2.75, 3.05) is 26.2 Å². The van der Waals surface area contributed by atoms with Crippen LogP contribution in [0.1, 0.15) is 23.4 Å². The molecule has 1 aromatic carbocycles. The summed E-state index contributed by atoms with van der Waals surface area (Å²) in [5, 5.41) is 12.8. The molecule has 3 aromatic rings. The maximum atomic E-state index is 12.6. The van der Waals surface area contributed by atoms with Crippen molar-refractivity contribution in [2.24, 2.45) is 0 Å². The first kappa shape index (κ1) is 19.7. The van der Waals surface area contributed by atoms with E-state index in [4.69, 9.17) is 9.78 Å². The molecule has 1 fully saturated rings. The average Bonchev–Trinajstić information content (AvgIpc) is 3.28. The van der Waals surface area contributed by atoms with Crippen molar-refractivity contribution in [3.8, 4) is 17.5 Å². The molecule has 30 heavy (non-hydrogen) atoms. The lowest BCUT2D eigenvalue weighted by atomic mass is 10.1. The molecule has 1 aliphatic rings. The Hall–Kier alpha value is -3.57. The Balaban J connectivity index is 1.23. The number of amides is 1. The molecule has 0 radical (unpaired) electrons. The van der Waals surface area contributed by atoms with Crippen LogP contribution in [0.2, 0.25) is 0 Å². The fraction of sp³-hybridized carbons (Fsp3) is 0.318. The average molecular weight is 402 g/mol. The van der Waals surface area contributed by atoms with Crippen LogP contribution in [0, 0.1) is 11.3 Å². The van der Waals surface area contributed by atoms with E-state index >= 15 is 0 Å². The number of aryl methyl sites for hydroxylation is 1. The number of rotatable bonds is 6. The highest BCUT2D eigenvalue weighted by Gasteiger charge is 2.21. The second-order valence-electron chi connectivity index (χ2n) is 7.22. The van der Waals surface area contributed by atoms with Crippen LogP contribution < -0.4 is 0 Å². The van der Waals surface area contributed by atoms with E-state index in [1.54, 1.807) is 12.4 Å². The van der Waals surface area contributed by atoms with E-state index in [0.717, 1.165) is 25.2 Å². The molecule has 8 heteroatoms. The number of nitriles is 1. The van der Waals surface area contributed by atoms with E-state index in [9.17, 15) is 4.79 Å². The zero-order valence-electron chi connectivity index (χ0n) is 16.6. The fourth-order valence-electron chi connectivity index (χ4n) is 3.44. The molecule has 1 saturated heterocycles. The Labute approximate surface area is 174 Å². The summed E-state index contributed by atoms with van der Waals surface area (Å²) in [7, 11) is 0. The van der Waals surface area contributed by atoms with Crippen molar-refractivity contribution in [2.45, 2.75) is 19.4 Å². The summed E-state index contributed by atoms with van der Waals surface area (Å²) < 4.78 is 5.27. The lowest BCUT2D eigenvalue weighted by Gasteiger charge is -2.34. The lowest BCUT2D eigenvalue weighted by molar-refractivity contribution is -0.133. The summed E-state index contributed by atoms with van der Waals surface area (Å²) >= 11 is 0. The lowest BCUT2D eigenvalue weighted by Crippen LogP contribution is -2.48. The van der Waals surface area contributed by atoms with E-state index in [1.165, 1.54) is 5.56 Å². The summed E-state index contributed by atoms with van der Waals surface area (Å²) in [6, 6.07) is 13.5. The number of hydrogen-bond donors (Lipinski definition) is 0. The number of benzene rings is 1. The Morgan fingerprint density at radius 3 is 2.63 bits per heavy atom. The minimum Gasteiger partial charge on any atom is -0.340 e. The Morgan fingerprint density at radius 2 is 1.93 bits per heavy atom. The minimum absolute atomic E-state index is 0.106. The molecule has 0 atom stereocenters. The van der Waals surface area contributed by atoms with E-state index in [-0.39, 0.29) is 5.91 Å². The molecule has 152 valence electrons. The quantitative estimate of drug-likeness (QED) is 0.624. The van der Waals surface area contributed by atoms with Gasteiger partial charge in [-0.1, -0.05) is 17.3 Å². The van der Waals surface area contributed by atoms with Gasteiger partial charge in [-0.2, -0.15) is 10.2 Å². The summed E-state index contributed by atoms with van der Waals surface area (Å²) in [5.41, 5.74) is 2.63. The number of carbonyl (C=O) groups excluding carboxylic acids is 1. The van der Waals surface area contributed by atoms with E-state index in [2.05, 4.69) is 26.1 Å². The van der Waals surface area contributed by atoms with Crippen molar-refractivity contribution in [3.05, 3.63) is 65.8 Å². The summed E-state index contributed by atoms with van der Waals surface area (Å²) in [4.78, 5) is 25.2. The van der Waals surface area contributed by atoms with Crippen LogP contribution in [-0.4, -0.2) is 57.0 Å². The van der Waals surface area contributed by atoms with Crippen LogP contribution in [0.5, 0.6) is 0 Å². The number of piperazine rings is 1. The van der Waals surface area contributed by atoms with Crippen molar-refractivity contribution < 1.29 is 9.32 Å². The van der Waals surface area contributed by atoms with Crippen LogP contribution in [-0.2, 0) is 17.8 Å². The predicted molar refractivity (Wildman–Crippen MR) is 109 cm³/mol. The number of aromatic nitrogens is 3. The first-order valence-corrected chi connectivity index (χ1v) is 9.93. The highest BCUT2D eigenvalue weighted by Crippen LogP contribution is 2.15. The normalized spacial score (nSPS) is 14.4. The van der Waals surface area contributed by atoms with Gasteiger partial charge < -0.3 is 9.42 Å². The summed E-state index contributed by atoms with van der Waals surface area (Å²) in [6.45, 7) is 3.90. The van der Waals surface area contributed by atoms with Crippen molar-refractivity contribution in [1.29, 1.82) is 5.26 Å². The van der Waals surface area contributed by atoms with Gasteiger partial charge in [0.25, 0.3) is 0 Å². The fourth-order valence-corrected chi connectivity index (χ4v) is 3.44. The molecule has 0 saturated carbocycles. The largest absolute Gasteiger partial charge is 0.340 e. The molecule has 0 N–H and O–H groups in total. The molecule has 1 aliphatic heterocycles. The Morgan fingerprint density at radius 1 is 1.13 bits per heavy atom. The zero-order valence-corrected chi connectivity index (χ0v) is 16.6. The highest BCUT2D eigenvalue weighted by atomic mass is 16.5. The first-order valence-electron chi connectivity index (χ1n) is 9.93. The van der Waals surface area contributed by atoms with Gasteiger partial charge >= 0.3 is 0 Å². The van der Waals surface area contributed by atoms with Gasteiger partial charge in [0.05, 0.1) is 11.6 Å². The number of nitrogens with zero attached hydrogens (tertiary/aromatic N) is 6. The molecule has 3 heterocycles. The molecule has 2 aromatic heterocycles. The first-order chi connectivity index (χ1) is 14.7. The SMILES string of the molecule is N#Cc1ccc(CN2CCN(C(=O)CCc3nc(-c4cccnc4)no3)CC2)cc1. The van der Waals surface area contributed by atoms with Crippen molar-refractivity contribution >= 4 is 5.91 Å².